The fraction of sp³-hybridized carbons (Fsp3) is 0.333. The summed E-state index contributed by atoms with van der Waals surface area (Å²) in [5.74, 6) is -1.00. The van der Waals surface area contributed by atoms with E-state index in [0.29, 0.717) is 12.2 Å². The van der Waals surface area contributed by atoms with Crippen LogP contribution >= 0.6 is 11.9 Å². The van der Waals surface area contributed by atoms with Gasteiger partial charge in [0.25, 0.3) is 5.91 Å². The van der Waals surface area contributed by atoms with Gasteiger partial charge in [0, 0.05) is 36.3 Å². The monoisotopic (exact) mass is 361 g/mol. The third-order valence-corrected chi connectivity index (χ3v) is 4.65. The maximum absolute atomic E-state index is 12.3. The van der Waals surface area contributed by atoms with Gasteiger partial charge in [-0.2, -0.15) is 0 Å². The molecule has 2 rings (SSSR count). The molecule has 0 radical (unpaired) electrons. The summed E-state index contributed by atoms with van der Waals surface area (Å²) >= 11 is 1.46. The Morgan fingerprint density at radius 1 is 1.32 bits per heavy atom. The third kappa shape index (κ3) is 4.64. The Hall–Kier alpha value is -2.25. The highest BCUT2D eigenvalue weighted by Crippen LogP contribution is 2.20. The summed E-state index contributed by atoms with van der Waals surface area (Å²) in [5, 5.41) is 12.7. The molecular formula is C18H23N3O3S. The van der Waals surface area contributed by atoms with Crippen molar-refractivity contribution in [1.82, 2.24) is 14.6 Å². The maximum Gasteiger partial charge on any atom is 0.272 e. The molecule has 0 fully saturated rings. The van der Waals surface area contributed by atoms with Crippen molar-refractivity contribution in [2.24, 2.45) is 7.05 Å². The number of nitrogens with zero attached hydrogens (tertiary/aromatic N) is 1. The van der Waals surface area contributed by atoms with Gasteiger partial charge in [0.05, 0.1) is 0 Å². The van der Waals surface area contributed by atoms with E-state index in [2.05, 4.69) is 10.0 Å². The first-order valence-electron chi connectivity index (χ1n) is 7.99. The minimum Gasteiger partial charge on any atom is -0.503 e. The van der Waals surface area contributed by atoms with Crippen LogP contribution in [-0.2, 0) is 13.6 Å². The molecule has 0 aliphatic carbocycles. The zero-order chi connectivity index (χ0) is 18.6. The lowest BCUT2D eigenvalue weighted by Crippen LogP contribution is -2.34. The number of hydrogen-bond donors (Lipinski definition) is 3. The number of aromatic hydroxyl groups is 1. The number of carbonyl (C=O) groups excluding carboxylic acids is 1. The molecule has 25 heavy (non-hydrogen) atoms. The molecule has 1 amide bonds. The van der Waals surface area contributed by atoms with Crippen molar-refractivity contribution in [3.05, 3.63) is 57.5 Å². The summed E-state index contributed by atoms with van der Waals surface area (Å²) in [7, 11) is 1.66. The summed E-state index contributed by atoms with van der Waals surface area (Å²) in [4.78, 5) is 25.4. The van der Waals surface area contributed by atoms with Crippen LogP contribution in [0.25, 0.3) is 0 Å². The topological polar surface area (TPSA) is 83.4 Å². The van der Waals surface area contributed by atoms with Crippen LogP contribution in [0.2, 0.25) is 0 Å². The van der Waals surface area contributed by atoms with Crippen LogP contribution < -0.4 is 15.5 Å². The van der Waals surface area contributed by atoms with Crippen LogP contribution in [0.3, 0.4) is 0 Å². The minimum absolute atomic E-state index is 0.0288. The van der Waals surface area contributed by atoms with Crippen molar-refractivity contribution < 1.29 is 9.90 Å². The van der Waals surface area contributed by atoms with E-state index in [0.717, 1.165) is 10.5 Å². The third-order valence-electron chi connectivity index (χ3n) is 3.69. The van der Waals surface area contributed by atoms with Gasteiger partial charge in [-0.25, -0.2) is 0 Å². The van der Waals surface area contributed by atoms with E-state index < -0.39 is 17.1 Å². The average Bonchev–Trinajstić information content (AvgIpc) is 2.53. The van der Waals surface area contributed by atoms with Crippen molar-refractivity contribution in [1.29, 1.82) is 0 Å². The second kappa shape index (κ2) is 8.22. The molecule has 2 aromatic rings. The highest BCUT2D eigenvalue weighted by atomic mass is 32.2. The highest BCUT2D eigenvalue weighted by molar-refractivity contribution is 7.97. The van der Waals surface area contributed by atoms with E-state index in [1.807, 2.05) is 45.0 Å². The molecule has 0 atom stereocenters. The fourth-order valence-corrected chi connectivity index (χ4v) is 3.11. The van der Waals surface area contributed by atoms with Crippen LogP contribution in [0.5, 0.6) is 5.75 Å². The Morgan fingerprint density at radius 3 is 2.64 bits per heavy atom. The van der Waals surface area contributed by atoms with E-state index in [1.165, 1.54) is 18.0 Å². The Balaban J connectivity index is 2.21. The second-order valence-electron chi connectivity index (χ2n) is 6.07. The van der Waals surface area contributed by atoms with Crippen LogP contribution in [0, 0.1) is 6.92 Å². The normalized spacial score (nSPS) is 10.9. The van der Waals surface area contributed by atoms with E-state index in [1.54, 1.807) is 11.6 Å². The molecule has 6 nitrogen and oxygen atoms in total. The van der Waals surface area contributed by atoms with Crippen LogP contribution in [-0.4, -0.2) is 21.6 Å². The van der Waals surface area contributed by atoms with Crippen molar-refractivity contribution in [2.45, 2.75) is 38.3 Å². The molecule has 3 N–H and O–H groups in total. The largest absolute Gasteiger partial charge is 0.503 e. The Morgan fingerprint density at radius 2 is 2.00 bits per heavy atom. The Bertz CT molecular complexity index is 831. The van der Waals surface area contributed by atoms with Crippen LogP contribution in [0.4, 0.5) is 0 Å². The fourth-order valence-electron chi connectivity index (χ4n) is 2.35. The first-order valence-corrected chi connectivity index (χ1v) is 8.81. The zero-order valence-electron chi connectivity index (χ0n) is 14.8. The molecule has 0 unspecified atom stereocenters. The van der Waals surface area contributed by atoms with Crippen LogP contribution in [0.15, 0.2) is 40.0 Å². The molecular weight excluding hydrogens is 338 g/mol. The molecule has 0 bridgehead atoms. The van der Waals surface area contributed by atoms with Gasteiger partial charge in [-0.1, -0.05) is 18.2 Å². The number of hydrogen-bond acceptors (Lipinski definition) is 5. The Labute approximate surface area is 151 Å². The van der Waals surface area contributed by atoms with Crippen molar-refractivity contribution in [3.8, 4) is 5.75 Å². The standard InChI is InChI=1S/C18H23N3O3S/c1-11(2)20-18(24)16-17(23)14(22)9-13(21(16)4)10-19-25-15-8-6-5-7-12(15)3/h5-9,11,19,23H,10H2,1-4H3,(H,20,24). The van der Waals surface area contributed by atoms with Gasteiger partial charge in [0.2, 0.25) is 5.43 Å². The van der Waals surface area contributed by atoms with Gasteiger partial charge in [-0.05, 0) is 44.3 Å². The number of rotatable bonds is 6. The Kier molecular flexibility index (Phi) is 6.27. The van der Waals surface area contributed by atoms with E-state index >= 15 is 0 Å². The molecule has 0 aliphatic heterocycles. The predicted molar refractivity (Wildman–Crippen MR) is 99.8 cm³/mol. The number of amides is 1. The van der Waals surface area contributed by atoms with Gasteiger partial charge in [0.1, 0.15) is 0 Å². The minimum atomic E-state index is -0.565. The molecule has 1 aromatic carbocycles. The molecule has 1 heterocycles. The van der Waals surface area contributed by atoms with Crippen molar-refractivity contribution in [3.63, 3.8) is 0 Å². The molecule has 0 saturated carbocycles. The lowest BCUT2D eigenvalue weighted by Gasteiger charge is -2.17. The molecule has 0 spiro atoms. The summed E-state index contributed by atoms with van der Waals surface area (Å²) in [6.07, 6.45) is 0. The summed E-state index contributed by atoms with van der Waals surface area (Å²) < 4.78 is 4.74. The van der Waals surface area contributed by atoms with Crippen molar-refractivity contribution in [2.75, 3.05) is 0 Å². The van der Waals surface area contributed by atoms with Crippen molar-refractivity contribution >= 4 is 17.9 Å². The molecule has 134 valence electrons. The molecule has 0 saturated heterocycles. The van der Waals surface area contributed by atoms with E-state index in [-0.39, 0.29) is 11.7 Å². The van der Waals surface area contributed by atoms with Gasteiger partial charge in [0.15, 0.2) is 11.4 Å². The lowest BCUT2D eigenvalue weighted by atomic mass is 10.2. The number of pyridine rings is 1. The highest BCUT2D eigenvalue weighted by Gasteiger charge is 2.20. The maximum atomic E-state index is 12.3. The molecule has 1 aromatic heterocycles. The smallest absolute Gasteiger partial charge is 0.272 e. The molecule has 0 aliphatic rings. The lowest BCUT2D eigenvalue weighted by molar-refractivity contribution is 0.0930. The van der Waals surface area contributed by atoms with Gasteiger partial charge in [-0.15, -0.1) is 0 Å². The SMILES string of the molecule is Cc1ccccc1SNCc1cc(=O)c(O)c(C(=O)NC(C)C)n1C. The van der Waals surface area contributed by atoms with Gasteiger partial charge in [-0.3, -0.25) is 14.3 Å². The summed E-state index contributed by atoms with van der Waals surface area (Å²) in [5.41, 5.74) is 1.16. The first-order chi connectivity index (χ1) is 11.8. The quantitative estimate of drug-likeness (QED) is 0.688. The first kappa shape index (κ1) is 19.1. The second-order valence-corrected chi connectivity index (χ2v) is 7.01. The van der Waals surface area contributed by atoms with Gasteiger partial charge < -0.3 is 15.0 Å². The summed E-state index contributed by atoms with van der Waals surface area (Å²) in [6.45, 7) is 6.02. The summed E-state index contributed by atoms with van der Waals surface area (Å²) in [6, 6.07) is 9.21. The number of aromatic nitrogens is 1. The molecule has 7 heteroatoms. The van der Waals surface area contributed by atoms with E-state index in [9.17, 15) is 14.7 Å². The number of aryl methyl sites for hydroxylation is 1. The van der Waals surface area contributed by atoms with E-state index in [4.69, 9.17) is 0 Å². The number of benzene rings is 1. The van der Waals surface area contributed by atoms with Gasteiger partial charge >= 0.3 is 0 Å². The average molecular weight is 361 g/mol. The predicted octanol–water partition coefficient (Wildman–Crippen LogP) is 2.33. The number of nitrogens with one attached hydrogen (secondary N) is 2. The zero-order valence-corrected chi connectivity index (χ0v) is 15.6. The number of carbonyl (C=O) groups is 1. The van der Waals surface area contributed by atoms with Crippen LogP contribution in [0.1, 0.15) is 35.6 Å².